The van der Waals surface area contributed by atoms with Gasteiger partial charge in [0.2, 0.25) is 0 Å². The molecule has 1 nitrogen and oxygen atoms in total. The Bertz CT molecular complexity index is 505. The van der Waals surface area contributed by atoms with Crippen LogP contribution in [0.3, 0.4) is 0 Å². The van der Waals surface area contributed by atoms with Gasteiger partial charge in [-0.1, -0.05) is 42.0 Å². The van der Waals surface area contributed by atoms with Crippen LogP contribution in [0.1, 0.15) is 22.8 Å². The minimum atomic E-state index is -0.428. The van der Waals surface area contributed by atoms with Crippen molar-refractivity contribution >= 4 is 11.8 Å². The van der Waals surface area contributed by atoms with Crippen molar-refractivity contribution in [1.29, 1.82) is 0 Å². The predicted molar refractivity (Wildman–Crippen MR) is 78.1 cm³/mol. The van der Waals surface area contributed by atoms with Gasteiger partial charge in [0.05, 0.1) is 6.10 Å². The zero-order chi connectivity index (χ0) is 13.0. The Morgan fingerprint density at radius 3 is 2.44 bits per heavy atom. The summed E-state index contributed by atoms with van der Waals surface area (Å²) in [5.41, 5.74) is 3.39. The van der Waals surface area contributed by atoms with Gasteiger partial charge in [0.15, 0.2) is 0 Å². The fourth-order valence-corrected chi connectivity index (χ4v) is 2.41. The molecule has 0 aliphatic carbocycles. The maximum Gasteiger partial charge on any atom is 0.0830 e. The first-order valence-corrected chi connectivity index (χ1v) is 7.29. The van der Waals surface area contributed by atoms with Gasteiger partial charge in [-0.2, -0.15) is 0 Å². The molecule has 94 valence electrons. The molecule has 2 heteroatoms. The van der Waals surface area contributed by atoms with Crippen LogP contribution in [0.4, 0.5) is 0 Å². The van der Waals surface area contributed by atoms with E-state index in [0.29, 0.717) is 6.42 Å². The first-order valence-electron chi connectivity index (χ1n) is 6.06. The Balaban J connectivity index is 2.09. The standard InChI is InChI=1S/C16H18OS/c1-12-4-3-5-13(10-12)11-16(17)14-6-8-15(18-2)9-7-14/h3-10,16-17H,11H2,1-2H3. The summed E-state index contributed by atoms with van der Waals surface area (Å²) in [6.45, 7) is 2.07. The van der Waals surface area contributed by atoms with Crippen molar-refractivity contribution < 1.29 is 5.11 Å². The molecule has 18 heavy (non-hydrogen) atoms. The second-order valence-electron chi connectivity index (χ2n) is 4.48. The van der Waals surface area contributed by atoms with Crippen molar-refractivity contribution in [2.45, 2.75) is 24.3 Å². The number of aryl methyl sites for hydroxylation is 1. The summed E-state index contributed by atoms with van der Waals surface area (Å²) in [6.07, 6.45) is 2.29. The van der Waals surface area contributed by atoms with E-state index in [4.69, 9.17) is 0 Å². The molecule has 2 aromatic rings. The SMILES string of the molecule is CSc1ccc(C(O)Cc2cccc(C)c2)cc1. The fraction of sp³-hybridized carbons (Fsp3) is 0.250. The molecule has 0 amide bonds. The summed E-state index contributed by atoms with van der Waals surface area (Å²) in [7, 11) is 0. The van der Waals surface area contributed by atoms with Crippen molar-refractivity contribution in [2.24, 2.45) is 0 Å². The summed E-state index contributed by atoms with van der Waals surface area (Å²) in [6, 6.07) is 16.4. The highest BCUT2D eigenvalue weighted by Crippen LogP contribution is 2.22. The van der Waals surface area contributed by atoms with Crippen LogP contribution in [0.15, 0.2) is 53.4 Å². The highest BCUT2D eigenvalue weighted by Gasteiger charge is 2.08. The summed E-state index contributed by atoms with van der Waals surface area (Å²) in [5.74, 6) is 0. The number of aliphatic hydroxyl groups excluding tert-OH is 1. The van der Waals surface area contributed by atoms with Crippen molar-refractivity contribution in [3.63, 3.8) is 0 Å². The van der Waals surface area contributed by atoms with Gasteiger partial charge in [0, 0.05) is 11.3 Å². The third kappa shape index (κ3) is 3.37. The van der Waals surface area contributed by atoms with E-state index in [2.05, 4.69) is 43.5 Å². The number of hydrogen-bond donors (Lipinski definition) is 1. The van der Waals surface area contributed by atoms with Crippen LogP contribution < -0.4 is 0 Å². The first kappa shape index (κ1) is 13.2. The maximum atomic E-state index is 10.2. The lowest BCUT2D eigenvalue weighted by molar-refractivity contribution is 0.178. The van der Waals surface area contributed by atoms with Crippen molar-refractivity contribution in [3.8, 4) is 0 Å². The summed E-state index contributed by atoms with van der Waals surface area (Å²) >= 11 is 1.71. The summed E-state index contributed by atoms with van der Waals surface area (Å²) in [5, 5.41) is 10.2. The second kappa shape index (κ2) is 6.07. The zero-order valence-corrected chi connectivity index (χ0v) is 11.6. The Morgan fingerprint density at radius 2 is 1.83 bits per heavy atom. The van der Waals surface area contributed by atoms with Gasteiger partial charge in [-0.3, -0.25) is 0 Å². The van der Waals surface area contributed by atoms with E-state index in [1.807, 2.05) is 18.2 Å². The van der Waals surface area contributed by atoms with Gasteiger partial charge in [0.1, 0.15) is 0 Å². The molecular weight excluding hydrogens is 240 g/mol. The first-order chi connectivity index (χ1) is 8.69. The third-order valence-electron chi connectivity index (χ3n) is 3.01. The molecular formula is C16H18OS. The van der Waals surface area contributed by atoms with E-state index in [1.165, 1.54) is 16.0 Å². The molecule has 0 saturated carbocycles. The van der Waals surface area contributed by atoms with E-state index >= 15 is 0 Å². The molecule has 2 rings (SSSR count). The molecule has 0 fully saturated rings. The summed E-state index contributed by atoms with van der Waals surface area (Å²) in [4.78, 5) is 1.22. The monoisotopic (exact) mass is 258 g/mol. The smallest absolute Gasteiger partial charge is 0.0830 e. The molecule has 0 bridgehead atoms. The molecule has 0 aromatic heterocycles. The Morgan fingerprint density at radius 1 is 1.11 bits per heavy atom. The van der Waals surface area contributed by atoms with E-state index in [0.717, 1.165) is 5.56 Å². The Hall–Kier alpha value is -1.25. The van der Waals surface area contributed by atoms with Crippen LogP contribution in [0.2, 0.25) is 0 Å². The molecule has 0 saturated heterocycles. The van der Waals surface area contributed by atoms with Gasteiger partial charge < -0.3 is 5.11 Å². The molecule has 1 N–H and O–H groups in total. The number of hydrogen-bond acceptors (Lipinski definition) is 2. The van der Waals surface area contributed by atoms with Gasteiger partial charge >= 0.3 is 0 Å². The van der Waals surface area contributed by atoms with Crippen LogP contribution in [0.25, 0.3) is 0 Å². The van der Waals surface area contributed by atoms with Crippen molar-refractivity contribution in [1.82, 2.24) is 0 Å². The largest absolute Gasteiger partial charge is 0.388 e. The lowest BCUT2D eigenvalue weighted by atomic mass is 10.0. The van der Waals surface area contributed by atoms with E-state index in [1.54, 1.807) is 11.8 Å². The Labute approximate surface area is 113 Å². The molecule has 0 aliphatic rings. The molecule has 1 atom stereocenters. The number of aliphatic hydroxyl groups is 1. The quantitative estimate of drug-likeness (QED) is 0.837. The van der Waals surface area contributed by atoms with Gasteiger partial charge in [-0.25, -0.2) is 0 Å². The van der Waals surface area contributed by atoms with Crippen molar-refractivity contribution in [2.75, 3.05) is 6.26 Å². The zero-order valence-electron chi connectivity index (χ0n) is 10.8. The van der Waals surface area contributed by atoms with Crippen LogP contribution in [-0.2, 0) is 6.42 Å². The average molecular weight is 258 g/mol. The molecule has 0 spiro atoms. The molecule has 0 aliphatic heterocycles. The van der Waals surface area contributed by atoms with Gasteiger partial charge in [-0.15, -0.1) is 11.8 Å². The number of benzene rings is 2. The second-order valence-corrected chi connectivity index (χ2v) is 5.36. The molecule has 1 unspecified atom stereocenters. The van der Waals surface area contributed by atoms with Crippen LogP contribution in [0.5, 0.6) is 0 Å². The summed E-state index contributed by atoms with van der Waals surface area (Å²) < 4.78 is 0. The maximum absolute atomic E-state index is 10.2. The van der Waals surface area contributed by atoms with Crippen molar-refractivity contribution in [3.05, 3.63) is 65.2 Å². The van der Waals surface area contributed by atoms with Crippen LogP contribution in [0, 0.1) is 6.92 Å². The minimum Gasteiger partial charge on any atom is -0.388 e. The third-order valence-corrected chi connectivity index (χ3v) is 3.76. The number of thioether (sulfide) groups is 1. The topological polar surface area (TPSA) is 20.2 Å². The number of rotatable bonds is 4. The van der Waals surface area contributed by atoms with Gasteiger partial charge in [-0.05, 0) is 36.4 Å². The van der Waals surface area contributed by atoms with E-state index < -0.39 is 6.10 Å². The van der Waals surface area contributed by atoms with Crippen LogP contribution in [-0.4, -0.2) is 11.4 Å². The molecule has 0 heterocycles. The van der Waals surface area contributed by atoms with Crippen LogP contribution >= 0.6 is 11.8 Å². The van der Waals surface area contributed by atoms with Gasteiger partial charge in [0.25, 0.3) is 0 Å². The van der Waals surface area contributed by atoms with E-state index in [-0.39, 0.29) is 0 Å². The molecule has 0 radical (unpaired) electrons. The average Bonchev–Trinajstić information content (AvgIpc) is 2.39. The molecule has 2 aromatic carbocycles. The fourth-order valence-electron chi connectivity index (χ4n) is 2.01. The lowest BCUT2D eigenvalue weighted by Gasteiger charge is -2.12. The highest BCUT2D eigenvalue weighted by atomic mass is 32.2. The van der Waals surface area contributed by atoms with E-state index in [9.17, 15) is 5.11 Å². The highest BCUT2D eigenvalue weighted by molar-refractivity contribution is 7.98. The predicted octanol–water partition coefficient (Wildman–Crippen LogP) is 3.99. The Kier molecular flexibility index (Phi) is 4.45. The minimum absolute atomic E-state index is 0.428. The lowest BCUT2D eigenvalue weighted by Crippen LogP contribution is -2.01. The normalized spacial score (nSPS) is 12.4.